The van der Waals surface area contributed by atoms with Crippen molar-refractivity contribution in [3.63, 3.8) is 0 Å². The van der Waals surface area contributed by atoms with Gasteiger partial charge in [0.2, 0.25) is 5.95 Å². The maximum Gasteiger partial charge on any atom is 0.225 e. The molecule has 0 aromatic carbocycles. The Kier molecular flexibility index (Phi) is 3.44. The van der Waals surface area contributed by atoms with Gasteiger partial charge >= 0.3 is 0 Å². The van der Waals surface area contributed by atoms with Crippen molar-refractivity contribution in [3.05, 3.63) is 36.7 Å². The minimum absolute atomic E-state index is 0.644. The Hall–Kier alpha value is -1.91. The average molecular weight is 257 g/mol. The molecule has 0 radical (unpaired) electrons. The fourth-order valence-corrected chi connectivity index (χ4v) is 2.73. The smallest absolute Gasteiger partial charge is 0.225 e. The summed E-state index contributed by atoms with van der Waals surface area (Å²) in [6.45, 7) is 5.18. The number of aryl methyl sites for hydroxylation is 1. The van der Waals surface area contributed by atoms with Crippen molar-refractivity contribution in [2.24, 2.45) is 5.92 Å². The van der Waals surface area contributed by atoms with Crippen LogP contribution in [-0.2, 0) is 6.54 Å². The number of hydrogen-bond acceptors (Lipinski definition) is 4. The molecular weight excluding hydrogens is 238 g/mol. The maximum atomic E-state index is 4.35. The van der Waals surface area contributed by atoms with Crippen LogP contribution in [0.1, 0.15) is 18.7 Å². The highest BCUT2D eigenvalue weighted by Crippen LogP contribution is 2.21. The van der Waals surface area contributed by atoms with E-state index in [9.17, 15) is 0 Å². The maximum absolute atomic E-state index is 4.35. The van der Waals surface area contributed by atoms with Gasteiger partial charge in [-0.2, -0.15) is 0 Å². The van der Waals surface area contributed by atoms with Gasteiger partial charge in [-0.05, 0) is 31.7 Å². The first kappa shape index (κ1) is 12.1. The second-order valence-electron chi connectivity index (χ2n) is 5.13. The van der Waals surface area contributed by atoms with Gasteiger partial charge in [0, 0.05) is 44.4 Å². The quantitative estimate of drug-likeness (QED) is 0.842. The lowest BCUT2D eigenvalue weighted by Gasteiger charge is -2.33. The van der Waals surface area contributed by atoms with Crippen LogP contribution in [-0.4, -0.2) is 32.6 Å². The first-order valence-corrected chi connectivity index (χ1v) is 6.82. The van der Waals surface area contributed by atoms with Crippen LogP contribution in [0.3, 0.4) is 0 Å². The number of rotatable bonds is 3. The molecule has 2 aromatic rings. The first-order valence-electron chi connectivity index (χ1n) is 6.82. The minimum Gasteiger partial charge on any atom is -0.340 e. The van der Waals surface area contributed by atoms with E-state index in [0.29, 0.717) is 5.92 Å². The fraction of sp³-hybridized carbons (Fsp3) is 0.500. The van der Waals surface area contributed by atoms with Crippen LogP contribution in [0.2, 0.25) is 0 Å². The lowest BCUT2D eigenvalue weighted by atomic mass is 9.98. The summed E-state index contributed by atoms with van der Waals surface area (Å²) in [5.74, 6) is 2.59. The van der Waals surface area contributed by atoms with Gasteiger partial charge in [-0.1, -0.05) is 0 Å². The predicted molar refractivity (Wildman–Crippen MR) is 73.9 cm³/mol. The third-order valence-electron chi connectivity index (χ3n) is 3.73. The van der Waals surface area contributed by atoms with Crippen LogP contribution >= 0.6 is 0 Å². The normalized spacial score (nSPS) is 19.6. The number of nitrogens with zero attached hydrogens (tertiary/aromatic N) is 5. The molecule has 2 aromatic heterocycles. The van der Waals surface area contributed by atoms with E-state index >= 15 is 0 Å². The molecule has 3 heterocycles. The molecule has 0 spiro atoms. The van der Waals surface area contributed by atoms with E-state index in [0.717, 1.165) is 31.4 Å². The summed E-state index contributed by atoms with van der Waals surface area (Å²) >= 11 is 0. The van der Waals surface area contributed by atoms with Crippen molar-refractivity contribution < 1.29 is 0 Å². The fourth-order valence-electron chi connectivity index (χ4n) is 2.73. The Balaban J connectivity index is 1.67. The summed E-state index contributed by atoms with van der Waals surface area (Å²) in [5.41, 5.74) is 0. The molecule has 100 valence electrons. The molecule has 1 aliphatic heterocycles. The summed E-state index contributed by atoms with van der Waals surface area (Å²) in [7, 11) is 0. The van der Waals surface area contributed by atoms with Crippen LogP contribution in [0.5, 0.6) is 0 Å². The number of hydrogen-bond donors (Lipinski definition) is 0. The topological polar surface area (TPSA) is 46.8 Å². The second-order valence-corrected chi connectivity index (χ2v) is 5.13. The molecule has 0 saturated carbocycles. The van der Waals surface area contributed by atoms with Crippen molar-refractivity contribution in [1.82, 2.24) is 19.5 Å². The standard InChI is InChI=1S/C14H19N5/c1-12-15-7-9-18(12)10-13-4-2-8-19(11-13)14-16-5-3-6-17-14/h3,5-7,9,13H,2,4,8,10-11H2,1H3. The molecule has 19 heavy (non-hydrogen) atoms. The third-order valence-corrected chi connectivity index (χ3v) is 3.73. The molecule has 5 heteroatoms. The number of aromatic nitrogens is 4. The van der Waals surface area contributed by atoms with Gasteiger partial charge in [-0.25, -0.2) is 15.0 Å². The molecule has 5 nitrogen and oxygen atoms in total. The van der Waals surface area contributed by atoms with Crippen LogP contribution < -0.4 is 4.90 Å². The molecule has 3 rings (SSSR count). The minimum atomic E-state index is 0.644. The van der Waals surface area contributed by atoms with Crippen molar-refractivity contribution in [2.45, 2.75) is 26.3 Å². The van der Waals surface area contributed by atoms with Crippen molar-refractivity contribution in [1.29, 1.82) is 0 Å². The molecular formula is C14H19N5. The molecule has 0 amide bonds. The summed E-state index contributed by atoms with van der Waals surface area (Å²) < 4.78 is 2.24. The third kappa shape index (κ3) is 2.75. The van der Waals surface area contributed by atoms with Gasteiger partial charge in [0.1, 0.15) is 5.82 Å². The zero-order valence-electron chi connectivity index (χ0n) is 11.2. The lowest BCUT2D eigenvalue weighted by Crippen LogP contribution is -2.38. The summed E-state index contributed by atoms with van der Waals surface area (Å²) in [6.07, 6.45) is 10.0. The zero-order chi connectivity index (χ0) is 13.1. The Morgan fingerprint density at radius 1 is 1.21 bits per heavy atom. The van der Waals surface area contributed by atoms with E-state index in [-0.39, 0.29) is 0 Å². The van der Waals surface area contributed by atoms with Crippen LogP contribution in [0, 0.1) is 12.8 Å². The van der Waals surface area contributed by atoms with E-state index in [1.807, 2.05) is 24.7 Å². The predicted octanol–water partition coefficient (Wildman–Crippen LogP) is 1.90. The van der Waals surface area contributed by atoms with E-state index in [1.165, 1.54) is 12.8 Å². The molecule has 1 unspecified atom stereocenters. The monoisotopic (exact) mass is 257 g/mol. The van der Waals surface area contributed by atoms with E-state index in [1.54, 1.807) is 0 Å². The van der Waals surface area contributed by atoms with Crippen molar-refractivity contribution in [3.8, 4) is 0 Å². The molecule has 0 N–H and O–H groups in total. The molecule has 1 atom stereocenters. The Bertz CT molecular complexity index is 522. The highest BCUT2D eigenvalue weighted by molar-refractivity contribution is 5.29. The van der Waals surface area contributed by atoms with Gasteiger partial charge in [-0.15, -0.1) is 0 Å². The van der Waals surface area contributed by atoms with Gasteiger partial charge < -0.3 is 9.47 Å². The Morgan fingerprint density at radius 2 is 2.05 bits per heavy atom. The van der Waals surface area contributed by atoms with Gasteiger partial charge in [0.15, 0.2) is 0 Å². The number of imidazole rings is 1. The van der Waals surface area contributed by atoms with Gasteiger partial charge in [-0.3, -0.25) is 0 Å². The van der Waals surface area contributed by atoms with Gasteiger partial charge in [0.25, 0.3) is 0 Å². The van der Waals surface area contributed by atoms with E-state index in [2.05, 4.69) is 37.5 Å². The lowest BCUT2D eigenvalue weighted by molar-refractivity contribution is 0.361. The molecule has 1 saturated heterocycles. The summed E-state index contributed by atoms with van der Waals surface area (Å²) in [5, 5.41) is 0. The average Bonchev–Trinajstić information content (AvgIpc) is 2.86. The number of anilines is 1. The SMILES string of the molecule is Cc1nccn1CC1CCCN(c2ncccn2)C1. The zero-order valence-corrected chi connectivity index (χ0v) is 11.2. The first-order chi connectivity index (χ1) is 9.33. The molecule has 1 fully saturated rings. The highest BCUT2D eigenvalue weighted by Gasteiger charge is 2.22. The largest absolute Gasteiger partial charge is 0.340 e. The highest BCUT2D eigenvalue weighted by atomic mass is 15.3. The van der Waals surface area contributed by atoms with E-state index < -0.39 is 0 Å². The van der Waals surface area contributed by atoms with Gasteiger partial charge in [0.05, 0.1) is 0 Å². The Morgan fingerprint density at radius 3 is 2.79 bits per heavy atom. The molecule has 0 aliphatic carbocycles. The second kappa shape index (κ2) is 5.38. The van der Waals surface area contributed by atoms with Crippen molar-refractivity contribution in [2.75, 3.05) is 18.0 Å². The summed E-state index contributed by atoms with van der Waals surface area (Å²) in [6, 6.07) is 1.86. The van der Waals surface area contributed by atoms with Crippen LogP contribution in [0.15, 0.2) is 30.9 Å². The molecule has 1 aliphatic rings. The van der Waals surface area contributed by atoms with Crippen LogP contribution in [0.25, 0.3) is 0 Å². The van der Waals surface area contributed by atoms with Crippen molar-refractivity contribution >= 4 is 5.95 Å². The van der Waals surface area contributed by atoms with E-state index in [4.69, 9.17) is 0 Å². The number of piperidine rings is 1. The molecule has 0 bridgehead atoms. The summed E-state index contributed by atoms with van der Waals surface area (Å²) in [4.78, 5) is 15.3. The van der Waals surface area contributed by atoms with Crippen LogP contribution in [0.4, 0.5) is 5.95 Å². The Labute approximate surface area is 113 Å².